The Labute approximate surface area is 115 Å². The monoisotopic (exact) mass is 307 g/mol. The smallest absolute Gasteiger partial charge is 0.123 e. The molecule has 0 spiro atoms. The summed E-state index contributed by atoms with van der Waals surface area (Å²) in [6.45, 7) is 4.72. The molecule has 0 aliphatic heterocycles. The Hall–Kier alpha value is -1.35. The van der Waals surface area contributed by atoms with Gasteiger partial charge in [-0.05, 0) is 54.8 Å². The van der Waals surface area contributed by atoms with Gasteiger partial charge in [-0.1, -0.05) is 28.1 Å². The predicted molar refractivity (Wildman–Crippen MR) is 77.3 cm³/mol. The maximum absolute atomic E-state index is 13.2. The molecule has 1 nitrogen and oxygen atoms in total. The third-order valence-corrected chi connectivity index (χ3v) is 3.64. The maximum Gasteiger partial charge on any atom is 0.123 e. The van der Waals surface area contributed by atoms with E-state index in [1.54, 1.807) is 12.1 Å². The number of nitrogens with one attached hydrogen (secondary N) is 1. The number of rotatable bonds is 3. The van der Waals surface area contributed by atoms with Crippen LogP contribution in [0.25, 0.3) is 0 Å². The van der Waals surface area contributed by atoms with E-state index in [0.29, 0.717) is 6.54 Å². The Bertz CT molecular complexity index is 515. The van der Waals surface area contributed by atoms with Crippen molar-refractivity contribution in [1.29, 1.82) is 0 Å². The van der Waals surface area contributed by atoms with E-state index in [0.717, 1.165) is 15.7 Å². The number of hydrogen-bond acceptors (Lipinski definition) is 1. The second kappa shape index (κ2) is 5.53. The lowest BCUT2D eigenvalue weighted by atomic mass is 10.1. The summed E-state index contributed by atoms with van der Waals surface area (Å²) in [7, 11) is 0. The molecule has 1 N–H and O–H groups in total. The van der Waals surface area contributed by atoms with Crippen LogP contribution in [0.3, 0.4) is 0 Å². The fourth-order valence-electron chi connectivity index (χ4n) is 1.80. The van der Waals surface area contributed by atoms with Crippen molar-refractivity contribution in [2.75, 3.05) is 5.32 Å². The normalized spacial score (nSPS) is 10.4. The quantitative estimate of drug-likeness (QED) is 0.857. The lowest BCUT2D eigenvalue weighted by Gasteiger charge is -2.11. The van der Waals surface area contributed by atoms with Gasteiger partial charge in [0.05, 0.1) is 0 Å². The first-order valence-corrected chi connectivity index (χ1v) is 6.60. The molecule has 2 aromatic rings. The molecule has 0 aromatic heterocycles. The van der Waals surface area contributed by atoms with Crippen molar-refractivity contribution in [1.82, 2.24) is 0 Å². The van der Waals surface area contributed by atoms with Crippen LogP contribution in [-0.2, 0) is 6.54 Å². The molecule has 0 aliphatic rings. The molecule has 0 aliphatic carbocycles. The summed E-state index contributed by atoms with van der Waals surface area (Å²) in [5.41, 5.74) is 4.40. The van der Waals surface area contributed by atoms with Crippen molar-refractivity contribution in [3.8, 4) is 0 Å². The summed E-state index contributed by atoms with van der Waals surface area (Å²) < 4.78 is 14.1. The first-order valence-electron chi connectivity index (χ1n) is 5.81. The number of halogens is 2. The Morgan fingerprint density at radius 1 is 1.11 bits per heavy atom. The van der Waals surface area contributed by atoms with Gasteiger partial charge in [-0.2, -0.15) is 0 Å². The third kappa shape index (κ3) is 3.10. The molecule has 0 unspecified atom stereocenters. The van der Waals surface area contributed by atoms with E-state index < -0.39 is 0 Å². The summed E-state index contributed by atoms with van der Waals surface area (Å²) in [4.78, 5) is 0. The van der Waals surface area contributed by atoms with E-state index in [4.69, 9.17) is 0 Å². The number of anilines is 1. The lowest BCUT2D eigenvalue weighted by Crippen LogP contribution is -2.02. The van der Waals surface area contributed by atoms with Crippen molar-refractivity contribution in [3.63, 3.8) is 0 Å². The number of hydrogen-bond donors (Lipinski definition) is 1. The molecule has 0 fully saturated rings. The van der Waals surface area contributed by atoms with Crippen LogP contribution in [0.15, 0.2) is 40.9 Å². The highest BCUT2D eigenvalue weighted by molar-refractivity contribution is 9.10. The molecule has 94 valence electrons. The van der Waals surface area contributed by atoms with Gasteiger partial charge >= 0.3 is 0 Å². The standard InChI is InChI=1S/C15H15BrFN/c1-10-3-4-11(2)15(7-10)18-9-12-8-13(17)5-6-14(12)16/h3-8,18H,9H2,1-2H3. The van der Waals surface area contributed by atoms with Crippen LogP contribution in [0.2, 0.25) is 0 Å². The van der Waals surface area contributed by atoms with Gasteiger partial charge in [0.2, 0.25) is 0 Å². The Balaban J connectivity index is 2.16. The lowest BCUT2D eigenvalue weighted by molar-refractivity contribution is 0.625. The minimum absolute atomic E-state index is 0.212. The fourth-order valence-corrected chi connectivity index (χ4v) is 2.18. The van der Waals surface area contributed by atoms with Crippen molar-refractivity contribution in [2.24, 2.45) is 0 Å². The highest BCUT2D eigenvalue weighted by atomic mass is 79.9. The van der Waals surface area contributed by atoms with Gasteiger partial charge in [0.25, 0.3) is 0 Å². The molecule has 0 saturated carbocycles. The molecule has 0 heterocycles. The van der Waals surface area contributed by atoms with Gasteiger partial charge in [-0.15, -0.1) is 0 Å². The molecule has 0 saturated heterocycles. The van der Waals surface area contributed by atoms with Crippen molar-refractivity contribution >= 4 is 21.6 Å². The van der Waals surface area contributed by atoms with Crippen LogP contribution in [0.5, 0.6) is 0 Å². The Kier molecular flexibility index (Phi) is 4.02. The van der Waals surface area contributed by atoms with E-state index in [2.05, 4.69) is 53.3 Å². The average Bonchev–Trinajstić information content (AvgIpc) is 2.34. The summed E-state index contributed by atoms with van der Waals surface area (Å²) >= 11 is 3.43. The summed E-state index contributed by atoms with van der Waals surface area (Å²) in [6, 6.07) is 11.0. The zero-order chi connectivity index (χ0) is 13.1. The number of benzene rings is 2. The first kappa shape index (κ1) is 13.1. The van der Waals surface area contributed by atoms with Crippen molar-refractivity contribution in [2.45, 2.75) is 20.4 Å². The van der Waals surface area contributed by atoms with E-state index in [9.17, 15) is 4.39 Å². The van der Waals surface area contributed by atoms with E-state index >= 15 is 0 Å². The van der Waals surface area contributed by atoms with Crippen LogP contribution < -0.4 is 5.32 Å². The molecule has 18 heavy (non-hydrogen) atoms. The highest BCUT2D eigenvalue weighted by Gasteiger charge is 2.03. The maximum atomic E-state index is 13.2. The molecule has 0 amide bonds. The predicted octanol–water partition coefficient (Wildman–Crippen LogP) is 4.82. The zero-order valence-electron chi connectivity index (χ0n) is 10.4. The molecule has 2 aromatic carbocycles. The highest BCUT2D eigenvalue weighted by Crippen LogP contribution is 2.21. The second-order valence-corrected chi connectivity index (χ2v) is 5.26. The Morgan fingerprint density at radius 3 is 2.67 bits per heavy atom. The first-order chi connectivity index (χ1) is 8.56. The summed E-state index contributed by atoms with van der Waals surface area (Å²) in [5.74, 6) is -0.212. The zero-order valence-corrected chi connectivity index (χ0v) is 12.0. The molecule has 2 rings (SSSR count). The van der Waals surface area contributed by atoms with E-state index in [1.165, 1.54) is 17.2 Å². The van der Waals surface area contributed by atoms with Crippen LogP contribution in [-0.4, -0.2) is 0 Å². The van der Waals surface area contributed by atoms with Gasteiger partial charge in [0, 0.05) is 16.7 Å². The molecular formula is C15H15BrFN. The van der Waals surface area contributed by atoms with Gasteiger partial charge in [0.15, 0.2) is 0 Å². The third-order valence-electron chi connectivity index (χ3n) is 2.87. The van der Waals surface area contributed by atoms with E-state index in [1.807, 2.05) is 0 Å². The van der Waals surface area contributed by atoms with Crippen molar-refractivity contribution < 1.29 is 4.39 Å². The van der Waals surface area contributed by atoms with Gasteiger partial charge in [-0.25, -0.2) is 4.39 Å². The van der Waals surface area contributed by atoms with Crippen LogP contribution in [0.4, 0.5) is 10.1 Å². The number of aryl methyl sites for hydroxylation is 2. The van der Waals surface area contributed by atoms with Gasteiger partial charge in [-0.3, -0.25) is 0 Å². The van der Waals surface area contributed by atoms with E-state index in [-0.39, 0.29) is 5.82 Å². The molecule has 3 heteroatoms. The molecular weight excluding hydrogens is 293 g/mol. The molecule has 0 radical (unpaired) electrons. The van der Waals surface area contributed by atoms with Crippen LogP contribution in [0.1, 0.15) is 16.7 Å². The van der Waals surface area contributed by atoms with Gasteiger partial charge in [0.1, 0.15) is 5.82 Å². The summed E-state index contributed by atoms with van der Waals surface area (Å²) in [5, 5.41) is 3.34. The molecule has 0 bridgehead atoms. The van der Waals surface area contributed by atoms with Crippen LogP contribution >= 0.6 is 15.9 Å². The fraction of sp³-hybridized carbons (Fsp3) is 0.200. The van der Waals surface area contributed by atoms with Crippen LogP contribution in [0, 0.1) is 19.7 Å². The second-order valence-electron chi connectivity index (χ2n) is 4.41. The topological polar surface area (TPSA) is 12.0 Å². The summed E-state index contributed by atoms with van der Waals surface area (Å²) in [6.07, 6.45) is 0. The molecule has 0 atom stereocenters. The SMILES string of the molecule is Cc1ccc(C)c(NCc2cc(F)ccc2Br)c1. The minimum atomic E-state index is -0.212. The Morgan fingerprint density at radius 2 is 1.89 bits per heavy atom. The van der Waals surface area contributed by atoms with Crippen molar-refractivity contribution in [3.05, 3.63) is 63.4 Å². The largest absolute Gasteiger partial charge is 0.381 e. The average molecular weight is 308 g/mol. The minimum Gasteiger partial charge on any atom is -0.381 e. The van der Waals surface area contributed by atoms with Gasteiger partial charge < -0.3 is 5.32 Å².